The van der Waals surface area contributed by atoms with Crippen LogP contribution in [0.5, 0.6) is 0 Å². The van der Waals surface area contributed by atoms with Crippen LogP contribution in [-0.4, -0.2) is 43.8 Å². The van der Waals surface area contributed by atoms with Crippen molar-refractivity contribution in [3.05, 3.63) is 94.5 Å². The largest absolute Gasteiger partial charge is 0.321 e. The number of benzene rings is 3. The van der Waals surface area contributed by atoms with Gasteiger partial charge in [-0.05, 0) is 36.8 Å². The van der Waals surface area contributed by atoms with Crippen molar-refractivity contribution in [1.82, 2.24) is 4.31 Å². The summed E-state index contributed by atoms with van der Waals surface area (Å²) in [5.74, 6) is -1.13. The third-order valence-electron chi connectivity index (χ3n) is 5.85. The Bertz CT molecular complexity index is 1390. The van der Waals surface area contributed by atoms with Gasteiger partial charge in [-0.3, -0.25) is 14.4 Å². The summed E-state index contributed by atoms with van der Waals surface area (Å²) in [4.78, 5) is 39.0. The number of fused-ring (bicyclic) bond motifs is 2. The molecule has 34 heavy (non-hydrogen) atoms. The number of ketones is 2. The second kappa shape index (κ2) is 9.32. The summed E-state index contributed by atoms with van der Waals surface area (Å²) < 4.78 is 26.7. The molecule has 0 spiro atoms. The quantitative estimate of drug-likeness (QED) is 0.432. The highest BCUT2D eigenvalue weighted by Gasteiger charge is 2.31. The van der Waals surface area contributed by atoms with Crippen LogP contribution in [0.1, 0.15) is 62.0 Å². The highest BCUT2D eigenvalue weighted by Crippen LogP contribution is 2.32. The van der Waals surface area contributed by atoms with Crippen molar-refractivity contribution in [3.8, 4) is 0 Å². The maximum atomic E-state index is 13.1. The summed E-state index contributed by atoms with van der Waals surface area (Å²) in [6.45, 7) is 2.40. The number of sulfonamides is 1. The zero-order chi connectivity index (χ0) is 24.5. The molecule has 3 aromatic rings. The molecule has 0 radical (unpaired) electrons. The first-order valence-corrected chi connectivity index (χ1v) is 12.4. The third kappa shape index (κ3) is 4.18. The maximum absolute atomic E-state index is 13.1. The molecule has 0 aromatic heterocycles. The third-order valence-corrected chi connectivity index (χ3v) is 7.72. The van der Waals surface area contributed by atoms with Gasteiger partial charge in [0.1, 0.15) is 0 Å². The summed E-state index contributed by atoms with van der Waals surface area (Å²) in [6.07, 6.45) is 1.63. The van der Waals surface area contributed by atoms with Crippen molar-refractivity contribution in [3.63, 3.8) is 0 Å². The Hall–Kier alpha value is -3.62. The molecule has 4 rings (SSSR count). The molecule has 0 fully saturated rings. The predicted octanol–water partition coefficient (Wildman–Crippen LogP) is 4.13. The second-order valence-corrected chi connectivity index (χ2v) is 10.1. The minimum atomic E-state index is -3.65. The molecule has 1 amide bonds. The van der Waals surface area contributed by atoms with Crippen molar-refractivity contribution in [2.24, 2.45) is 0 Å². The van der Waals surface area contributed by atoms with Crippen molar-refractivity contribution in [2.45, 2.75) is 24.7 Å². The Kier molecular flexibility index (Phi) is 6.45. The molecule has 1 aliphatic rings. The minimum Gasteiger partial charge on any atom is -0.321 e. The van der Waals surface area contributed by atoms with Crippen LogP contribution in [0.25, 0.3) is 0 Å². The number of carbonyl (C=O) groups excluding carboxylic acids is 3. The first-order valence-electron chi connectivity index (χ1n) is 10.9. The average Bonchev–Trinajstić information content (AvgIpc) is 2.85. The van der Waals surface area contributed by atoms with Crippen LogP contribution in [0.4, 0.5) is 5.69 Å². The molecule has 0 unspecified atom stereocenters. The fourth-order valence-corrected chi connectivity index (χ4v) is 5.11. The monoisotopic (exact) mass is 476 g/mol. The lowest BCUT2D eigenvalue weighted by Gasteiger charge is -2.20. The molecule has 0 saturated carbocycles. The number of carbonyl (C=O) groups is 3. The number of nitrogens with zero attached hydrogens (tertiary/aromatic N) is 1. The Balaban J connectivity index is 1.59. The van der Waals surface area contributed by atoms with Crippen LogP contribution in [0, 0.1) is 0 Å². The highest BCUT2D eigenvalue weighted by molar-refractivity contribution is 7.89. The Morgan fingerprint density at radius 3 is 2.12 bits per heavy atom. The van der Waals surface area contributed by atoms with E-state index in [0.29, 0.717) is 17.7 Å². The SMILES string of the molecule is CCCCN(C)S(=O)(=O)c1ccc(C(=O)Nc2cccc3c2C(=O)c2ccccc2C3=O)cc1. The lowest BCUT2D eigenvalue weighted by atomic mass is 9.83. The Morgan fingerprint density at radius 2 is 1.47 bits per heavy atom. The number of amides is 1. The van der Waals surface area contributed by atoms with Crippen LogP contribution in [0.2, 0.25) is 0 Å². The number of nitrogens with one attached hydrogen (secondary N) is 1. The number of rotatable bonds is 7. The van der Waals surface area contributed by atoms with Gasteiger partial charge >= 0.3 is 0 Å². The molecule has 1 aliphatic carbocycles. The van der Waals surface area contributed by atoms with Crippen LogP contribution >= 0.6 is 0 Å². The van der Waals surface area contributed by atoms with Gasteiger partial charge in [0.05, 0.1) is 16.1 Å². The summed E-state index contributed by atoms with van der Waals surface area (Å²) in [7, 11) is -2.12. The van der Waals surface area contributed by atoms with Crippen LogP contribution in [0.3, 0.4) is 0 Å². The molecular formula is C26H24N2O5S. The van der Waals surface area contributed by atoms with Gasteiger partial charge in [0.15, 0.2) is 11.6 Å². The molecule has 0 aliphatic heterocycles. The number of hydrogen-bond donors (Lipinski definition) is 1. The van der Waals surface area contributed by atoms with E-state index >= 15 is 0 Å². The molecule has 0 heterocycles. The molecule has 7 nitrogen and oxygen atoms in total. The van der Waals surface area contributed by atoms with E-state index in [9.17, 15) is 22.8 Å². The zero-order valence-electron chi connectivity index (χ0n) is 18.9. The van der Waals surface area contributed by atoms with Crippen LogP contribution in [0.15, 0.2) is 71.6 Å². The van der Waals surface area contributed by atoms with Gasteiger partial charge in [0.2, 0.25) is 10.0 Å². The van der Waals surface area contributed by atoms with Crippen molar-refractivity contribution >= 4 is 33.2 Å². The van der Waals surface area contributed by atoms with E-state index in [1.54, 1.807) is 42.5 Å². The van der Waals surface area contributed by atoms with Gasteiger partial charge in [0, 0.05) is 35.8 Å². The molecule has 0 saturated heterocycles. The Morgan fingerprint density at radius 1 is 0.853 bits per heavy atom. The molecule has 174 valence electrons. The van der Waals surface area contributed by atoms with Gasteiger partial charge in [-0.25, -0.2) is 12.7 Å². The van der Waals surface area contributed by atoms with Crippen molar-refractivity contribution < 1.29 is 22.8 Å². The van der Waals surface area contributed by atoms with E-state index in [-0.39, 0.29) is 38.8 Å². The van der Waals surface area contributed by atoms with E-state index in [4.69, 9.17) is 0 Å². The fourth-order valence-electron chi connectivity index (χ4n) is 3.90. The van der Waals surface area contributed by atoms with E-state index < -0.39 is 15.9 Å². The molecule has 0 bridgehead atoms. The van der Waals surface area contributed by atoms with Gasteiger partial charge < -0.3 is 5.32 Å². The molecule has 1 N–H and O–H groups in total. The van der Waals surface area contributed by atoms with Gasteiger partial charge in [-0.1, -0.05) is 49.7 Å². The minimum absolute atomic E-state index is 0.0946. The fraction of sp³-hybridized carbons (Fsp3) is 0.192. The van der Waals surface area contributed by atoms with E-state index in [2.05, 4.69) is 5.32 Å². The van der Waals surface area contributed by atoms with E-state index in [1.165, 1.54) is 35.6 Å². The Labute approximate surface area is 198 Å². The number of unbranched alkanes of at least 4 members (excludes halogenated alkanes) is 1. The van der Waals surface area contributed by atoms with Gasteiger partial charge in [-0.2, -0.15) is 0 Å². The summed E-state index contributed by atoms with van der Waals surface area (Å²) in [5.41, 5.74) is 1.47. The molecule has 8 heteroatoms. The first-order chi connectivity index (χ1) is 16.3. The lowest BCUT2D eigenvalue weighted by Crippen LogP contribution is -2.28. The zero-order valence-corrected chi connectivity index (χ0v) is 19.7. The van der Waals surface area contributed by atoms with Crippen molar-refractivity contribution in [1.29, 1.82) is 0 Å². The van der Waals surface area contributed by atoms with E-state index in [1.807, 2.05) is 6.92 Å². The standard InChI is InChI=1S/C26H24N2O5S/c1-3-4-16-28(2)34(32,33)18-14-12-17(13-15-18)26(31)27-22-11-7-10-21-23(22)25(30)20-9-6-5-8-19(20)24(21)29/h5-15H,3-4,16H2,1-2H3,(H,27,31). The summed E-state index contributed by atoms with van der Waals surface area (Å²) in [5, 5.41) is 2.71. The first kappa shape index (κ1) is 23.5. The van der Waals surface area contributed by atoms with Gasteiger partial charge in [0.25, 0.3) is 5.91 Å². The normalized spacial score (nSPS) is 12.9. The van der Waals surface area contributed by atoms with Gasteiger partial charge in [-0.15, -0.1) is 0 Å². The second-order valence-electron chi connectivity index (χ2n) is 8.09. The molecular weight excluding hydrogens is 452 g/mol. The van der Waals surface area contributed by atoms with E-state index in [0.717, 1.165) is 12.8 Å². The summed E-state index contributed by atoms with van der Waals surface area (Å²) >= 11 is 0. The van der Waals surface area contributed by atoms with Crippen LogP contribution in [-0.2, 0) is 10.0 Å². The predicted molar refractivity (Wildman–Crippen MR) is 129 cm³/mol. The topological polar surface area (TPSA) is 101 Å². The maximum Gasteiger partial charge on any atom is 0.255 e. The highest BCUT2D eigenvalue weighted by atomic mass is 32.2. The summed E-state index contributed by atoms with van der Waals surface area (Å²) in [6, 6.07) is 16.9. The number of hydrogen-bond acceptors (Lipinski definition) is 5. The molecule has 3 aromatic carbocycles. The smallest absolute Gasteiger partial charge is 0.255 e. The van der Waals surface area contributed by atoms with Crippen LogP contribution < -0.4 is 5.32 Å². The van der Waals surface area contributed by atoms with Crippen molar-refractivity contribution in [2.75, 3.05) is 18.9 Å². The average molecular weight is 477 g/mol. The number of anilines is 1. The molecule has 0 atom stereocenters. The lowest BCUT2D eigenvalue weighted by molar-refractivity contribution is 0.0978.